The Bertz CT molecular complexity index is 1020. The van der Waals surface area contributed by atoms with Gasteiger partial charge < -0.3 is 14.8 Å². The van der Waals surface area contributed by atoms with Crippen LogP contribution in [-0.2, 0) is 21.0 Å². The number of likely N-dealkylation sites (tertiary alicyclic amines) is 2. The van der Waals surface area contributed by atoms with Crippen molar-refractivity contribution < 1.29 is 19.5 Å². The molecule has 0 radical (unpaired) electrons. The fourth-order valence-corrected chi connectivity index (χ4v) is 4.98. The van der Waals surface area contributed by atoms with E-state index in [0.29, 0.717) is 23.8 Å². The quantitative estimate of drug-likeness (QED) is 0.440. The van der Waals surface area contributed by atoms with Gasteiger partial charge in [0.05, 0.1) is 5.71 Å². The van der Waals surface area contributed by atoms with E-state index in [4.69, 9.17) is 21.5 Å². The van der Waals surface area contributed by atoms with E-state index >= 15 is 0 Å². The zero-order valence-electron chi connectivity index (χ0n) is 19.7. The van der Waals surface area contributed by atoms with Crippen LogP contribution in [0.3, 0.4) is 0 Å². The molecule has 2 saturated heterocycles. The third-order valence-corrected chi connectivity index (χ3v) is 7.03. The predicted molar refractivity (Wildman–Crippen MR) is 133 cm³/mol. The number of hydrogen-bond donors (Lipinski definition) is 1. The van der Waals surface area contributed by atoms with E-state index in [9.17, 15) is 9.59 Å². The number of aliphatic carboxylic acids is 1. The average molecular weight is 499 g/mol. The highest BCUT2D eigenvalue weighted by molar-refractivity contribution is 6.30. The number of rotatable bonds is 8. The number of carboxylic acid groups (broad SMARTS) is 1. The van der Waals surface area contributed by atoms with Crippen LogP contribution in [0.25, 0.3) is 0 Å². The van der Waals surface area contributed by atoms with Gasteiger partial charge >= 0.3 is 5.97 Å². The number of halogens is 1. The Balaban J connectivity index is 1.30. The number of piperidine rings is 2. The third-order valence-electron chi connectivity index (χ3n) is 6.78. The van der Waals surface area contributed by atoms with E-state index in [1.165, 1.54) is 5.56 Å². The van der Waals surface area contributed by atoms with Gasteiger partial charge in [0.15, 0.2) is 0 Å². The molecule has 0 unspecified atom stereocenters. The van der Waals surface area contributed by atoms with E-state index in [1.54, 1.807) is 12.1 Å². The number of pyridine rings is 1. The smallest absolute Gasteiger partial charge is 0.344 e. The number of carbonyl (C=O) groups is 2. The first kappa shape index (κ1) is 25.1. The molecule has 1 aromatic carbocycles. The number of nitrogens with zero attached hydrogens (tertiary/aromatic N) is 4. The molecule has 2 aliphatic heterocycles. The normalized spacial score (nSPS) is 18.4. The van der Waals surface area contributed by atoms with Gasteiger partial charge in [0.1, 0.15) is 0 Å². The van der Waals surface area contributed by atoms with Crippen molar-refractivity contribution in [1.29, 1.82) is 0 Å². The monoisotopic (exact) mass is 498 g/mol. The molecule has 0 atom stereocenters. The SMILES string of the molecule is O=C(O)CO/N=C(/c1ccc(Cl)cc1)C1CCN(C(=O)C2CCN(Cc3ccncc3)CC2)CC1. The van der Waals surface area contributed by atoms with Gasteiger partial charge in [0, 0.05) is 48.9 Å². The van der Waals surface area contributed by atoms with Gasteiger partial charge in [0.2, 0.25) is 12.5 Å². The first-order valence-corrected chi connectivity index (χ1v) is 12.4. The minimum absolute atomic E-state index is 0.0727. The molecule has 8 nitrogen and oxygen atoms in total. The number of oxime groups is 1. The van der Waals surface area contributed by atoms with Crippen LogP contribution in [0.1, 0.15) is 36.8 Å². The first-order chi connectivity index (χ1) is 17.0. The van der Waals surface area contributed by atoms with E-state index in [-0.39, 0.29) is 17.7 Å². The highest BCUT2D eigenvalue weighted by Crippen LogP contribution is 2.27. The Labute approximate surface area is 210 Å². The van der Waals surface area contributed by atoms with Gasteiger partial charge in [-0.3, -0.25) is 14.7 Å². The van der Waals surface area contributed by atoms with Gasteiger partial charge in [0.25, 0.3) is 0 Å². The Hall–Kier alpha value is -2.97. The molecule has 9 heteroatoms. The molecule has 2 aliphatic rings. The van der Waals surface area contributed by atoms with Crippen molar-refractivity contribution in [2.75, 3.05) is 32.8 Å². The molecule has 0 aliphatic carbocycles. The molecule has 35 heavy (non-hydrogen) atoms. The van der Waals surface area contributed by atoms with Crippen LogP contribution in [0.15, 0.2) is 53.9 Å². The Morgan fingerprint density at radius 2 is 1.60 bits per heavy atom. The van der Waals surface area contributed by atoms with Gasteiger partial charge in [-0.2, -0.15) is 0 Å². The summed E-state index contributed by atoms with van der Waals surface area (Å²) in [5.41, 5.74) is 2.81. The summed E-state index contributed by atoms with van der Waals surface area (Å²) in [6.45, 7) is 3.56. The van der Waals surface area contributed by atoms with Gasteiger partial charge in [-0.25, -0.2) is 4.79 Å². The number of amides is 1. The van der Waals surface area contributed by atoms with E-state index in [2.05, 4.69) is 15.0 Å². The Morgan fingerprint density at radius 3 is 2.23 bits per heavy atom. The van der Waals surface area contributed by atoms with Gasteiger partial charge in [-0.1, -0.05) is 28.9 Å². The zero-order valence-corrected chi connectivity index (χ0v) is 20.4. The van der Waals surface area contributed by atoms with Crippen LogP contribution >= 0.6 is 11.6 Å². The molecule has 3 heterocycles. The summed E-state index contributed by atoms with van der Waals surface area (Å²) in [6.07, 6.45) is 6.90. The second-order valence-corrected chi connectivity index (χ2v) is 9.59. The molecular formula is C26H31ClN4O4. The molecule has 2 aromatic rings. The molecular weight excluding hydrogens is 468 g/mol. The highest BCUT2D eigenvalue weighted by atomic mass is 35.5. The van der Waals surface area contributed by atoms with Crippen molar-refractivity contribution in [2.24, 2.45) is 17.0 Å². The van der Waals surface area contributed by atoms with Crippen LogP contribution in [0.2, 0.25) is 5.02 Å². The van der Waals surface area contributed by atoms with E-state index < -0.39 is 12.6 Å². The Morgan fingerprint density at radius 1 is 0.971 bits per heavy atom. The predicted octanol–water partition coefficient (Wildman–Crippen LogP) is 3.69. The lowest BCUT2D eigenvalue weighted by molar-refractivity contribution is -0.142. The summed E-state index contributed by atoms with van der Waals surface area (Å²) in [5, 5.41) is 13.7. The van der Waals surface area contributed by atoms with Gasteiger partial charge in [-0.05, 0) is 74.2 Å². The van der Waals surface area contributed by atoms with E-state index in [1.807, 2.05) is 41.6 Å². The van der Waals surface area contributed by atoms with Crippen molar-refractivity contribution in [3.63, 3.8) is 0 Å². The summed E-state index contributed by atoms with van der Waals surface area (Å²) in [6, 6.07) is 11.4. The second-order valence-electron chi connectivity index (χ2n) is 9.16. The number of benzene rings is 1. The van der Waals surface area contributed by atoms with Crippen LogP contribution < -0.4 is 0 Å². The molecule has 4 rings (SSSR count). The van der Waals surface area contributed by atoms with Crippen molar-refractivity contribution in [2.45, 2.75) is 32.2 Å². The minimum atomic E-state index is -1.07. The molecule has 1 aromatic heterocycles. The average Bonchev–Trinajstić information content (AvgIpc) is 2.88. The molecule has 186 valence electrons. The summed E-state index contributed by atoms with van der Waals surface area (Å²) in [5.74, 6) is -0.671. The van der Waals surface area contributed by atoms with Crippen LogP contribution in [-0.4, -0.2) is 70.3 Å². The standard InChI is InChI=1S/C26H31ClN4O4/c27-23-3-1-20(2-4-23)25(29-35-18-24(32)33)21-9-15-31(16-10-21)26(34)22-7-13-30(14-8-22)17-19-5-11-28-12-6-19/h1-6,11-12,21-22H,7-10,13-18H2,(H,32,33)/b29-25-. The number of aromatic nitrogens is 1. The van der Waals surface area contributed by atoms with Crippen LogP contribution in [0.4, 0.5) is 0 Å². The zero-order chi connectivity index (χ0) is 24.6. The summed E-state index contributed by atoms with van der Waals surface area (Å²) in [4.78, 5) is 37.6. The minimum Gasteiger partial charge on any atom is -0.479 e. The maximum Gasteiger partial charge on any atom is 0.344 e. The summed E-state index contributed by atoms with van der Waals surface area (Å²) >= 11 is 6.03. The lowest BCUT2D eigenvalue weighted by Gasteiger charge is -2.37. The Kier molecular flexibility index (Phi) is 8.71. The molecule has 1 amide bonds. The lowest BCUT2D eigenvalue weighted by Crippen LogP contribution is -2.46. The molecule has 1 N–H and O–H groups in total. The van der Waals surface area contributed by atoms with Gasteiger partial charge in [-0.15, -0.1) is 0 Å². The second kappa shape index (κ2) is 12.1. The van der Waals surface area contributed by atoms with E-state index in [0.717, 1.165) is 50.9 Å². The molecule has 0 saturated carbocycles. The summed E-state index contributed by atoms with van der Waals surface area (Å²) in [7, 11) is 0. The topological polar surface area (TPSA) is 95.3 Å². The lowest BCUT2D eigenvalue weighted by atomic mass is 9.87. The number of carboxylic acids is 1. The highest BCUT2D eigenvalue weighted by Gasteiger charge is 2.32. The molecule has 0 bridgehead atoms. The third kappa shape index (κ3) is 7.02. The fraction of sp³-hybridized carbons (Fsp3) is 0.462. The maximum absolute atomic E-state index is 13.2. The number of hydrogen-bond acceptors (Lipinski definition) is 6. The largest absolute Gasteiger partial charge is 0.479 e. The van der Waals surface area contributed by atoms with Crippen LogP contribution in [0.5, 0.6) is 0 Å². The van der Waals surface area contributed by atoms with Crippen molar-refractivity contribution in [1.82, 2.24) is 14.8 Å². The van der Waals surface area contributed by atoms with Crippen molar-refractivity contribution >= 4 is 29.2 Å². The maximum atomic E-state index is 13.2. The number of carbonyl (C=O) groups excluding carboxylic acids is 1. The fourth-order valence-electron chi connectivity index (χ4n) is 4.86. The first-order valence-electron chi connectivity index (χ1n) is 12.1. The van der Waals surface area contributed by atoms with Crippen LogP contribution in [0, 0.1) is 11.8 Å². The van der Waals surface area contributed by atoms with Crippen molar-refractivity contribution in [3.05, 3.63) is 64.9 Å². The molecule has 2 fully saturated rings. The molecule has 0 spiro atoms. The summed E-state index contributed by atoms with van der Waals surface area (Å²) < 4.78 is 0. The van der Waals surface area contributed by atoms with Crippen molar-refractivity contribution in [3.8, 4) is 0 Å².